The molecule has 1 saturated heterocycles. The van der Waals surface area contributed by atoms with Gasteiger partial charge in [0.15, 0.2) is 0 Å². The number of ketones is 1. The van der Waals surface area contributed by atoms with E-state index in [2.05, 4.69) is 11.2 Å². The van der Waals surface area contributed by atoms with Crippen molar-refractivity contribution in [1.29, 1.82) is 0 Å². The summed E-state index contributed by atoms with van der Waals surface area (Å²) in [5.74, 6) is 2.90. The van der Waals surface area contributed by atoms with Crippen molar-refractivity contribution in [2.45, 2.75) is 44.6 Å². The molecule has 2 heteroatoms. The van der Waals surface area contributed by atoms with E-state index < -0.39 is 0 Å². The van der Waals surface area contributed by atoms with Crippen LogP contribution in [0.15, 0.2) is 0 Å². The monoisotopic (exact) mass is 179 g/mol. The van der Waals surface area contributed by atoms with Crippen molar-refractivity contribution in [3.63, 3.8) is 0 Å². The van der Waals surface area contributed by atoms with Gasteiger partial charge in [-0.05, 0) is 25.8 Å². The largest absolute Gasteiger partial charge is 0.307 e. The highest BCUT2D eigenvalue weighted by Gasteiger charge is 2.19. The lowest BCUT2D eigenvalue weighted by molar-refractivity contribution is -0.121. The van der Waals surface area contributed by atoms with Gasteiger partial charge in [-0.2, -0.15) is 0 Å². The topological polar surface area (TPSA) is 29.1 Å². The van der Waals surface area contributed by atoms with Gasteiger partial charge in [0.1, 0.15) is 5.78 Å². The number of nitrogens with one attached hydrogen (secondary N) is 1. The highest BCUT2D eigenvalue weighted by molar-refractivity contribution is 5.84. The summed E-state index contributed by atoms with van der Waals surface area (Å²) in [5, 5.41) is 3.24. The number of hydrogen-bond acceptors (Lipinski definition) is 2. The molecule has 1 heterocycles. The minimum Gasteiger partial charge on any atom is -0.307 e. The molecule has 0 radical (unpaired) electrons. The summed E-state index contributed by atoms with van der Waals surface area (Å²) in [5.41, 5.74) is 0. The lowest BCUT2D eigenvalue weighted by Gasteiger charge is -2.21. The fourth-order valence-electron chi connectivity index (χ4n) is 1.67. The van der Waals surface area contributed by atoms with Gasteiger partial charge in [0.25, 0.3) is 0 Å². The standard InChI is InChI=1S/C11H17NO/c1-2-3-4-8-11(13)10-7-5-6-9-12-10/h1,10,12H,3-9H2. The van der Waals surface area contributed by atoms with Crippen LogP contribution in [0.4, 0.5) is 0 Å². The SMILES string of the molecule is C#CCCCC(=O)C1CCCCN1. The average Bonchev–Trinajstić information content (AvgIpc) is 2.19. The molecule has 1 unspecified atom stereocenters. The number of carbonyl (C=O) groups is 1. The molecule has 0 spiro atoms. The quantitative estimate of drug-likeness (QED) is 0.523. The molecule has 0 aliphatic carbocycles. The van der Waals surface area contributed by atoms with Crippen LogP contribution >= 0.6 is 0 Å². The number of rotatable bonds is 4. The Morgan fingerprint density at radius 3 is 3.00 bits per heavy atom. The summed E-state index contributed by atoms with van der Waals surface area (Å²) in [6, 6.07) is 0.117. The van der Waals surface area contributed by atoms with Crippen LogP contribution in [0.25, 0.3) is 0 Å². The maximum absolute atomic E-state index is 11.5. The van der Waals surface area contributed by atoms with Gasteiger partial charge in [0.2, 0.25) is 0 Å². The van der Waals surface area contributed by atoms with E-state index in [0.717, 1.165) is 25.8 Å². The number of Topliss-reactive ketones (excluding diaryl/α,β-unsaturated/α-hetero) is 1. The molecule has 1 aliphatic heterocycles. The molecule has 72 valence electrons. The number of terminal acetylenes is 1. The van der Waals surface area contributed by atoms with Crippen molar-refractivity contribution in [3.8, 4) is 12.3 Å². The summed E-state index contributed by atoms with van der Waals surface area (Å²) >= 11 is 0. The van der Waals surface area contributed by atoms with Crippen LogP contribution in [-0.4, -0.2) is 18.4 Å². The number of hydrogen-bond donors (Lipinski definition) is 1. The lowest BCUT2D eigenvalue weighted by atomic mass is 9.98. The third kappa shape index (κ3) is 3.61. The van der Waals surface area contributed by atoms with Crippen molar-refractivity contribution in [1.82, 2.24) is 5.32 Å². The lowest BCUT2D eigenvalue weighted by Crippen LogP contribution is -2.40. The Labute approximate surface area is 80.1 Å². The molecule has 1 fully saturated rings. The summed E-state index contributed by atoms with van der Waals surface area (Å²) in [4.78, 5) is 11.5. The summed E-state index contributed by atoms with van der Waals surface area (Å²) in [7, 11) is 0. The zero-order valence-corrected chi connectivity index (χ0v) is 8.01. The molecule has 13 heavy (non-hydrogen) atoms. The molecule has 1 aliphatic rings. The van der Waals surface area contributed by atoms with Gasteiger partial charge >= 0.3 is 0 Å². The molecule has 0 bridgehead atoms. The van der Waals surface area contributed by atoms with E-state index in [-0.39, 0.29) is 6.04 Å². The first-order valence-electron chi connectivity index (χ1n) is 5.04. The Hall–Kier alpha value is -0.810. The molecule has 0 saturated carbocycles. The molecule has 0 amide bonds. The van der Waals surface area contributed by atoms with Crippen molar-refractivity contribution < 1.29 is 4.79 Å². The Kier molecular flexibility index (Phi) is 4.56. The van der Waals surface area contributed by atoms with Gasteiger partial charge < -0.3 is 5.32 Å². The van der Waals surface area contributed by atoms with Crippen LogP contribution in [0.5, 0.6) is 0 Å². The van der Waals surface area contributed by atoms with Crippen molar-refractivity contribution in [2.24, 2.45) is 0 Å². The van der Waals surface area contributed by atoms with Crippen molar-refractivity contribution in [3.05, 3.63) is 0 Å². The first-order valence-corrected chi connectivity index (χ1v) is 5.04. The van der Waals surface area contributed by atoms with Gasteiger partial charge in [0.05, 0.1) is 6.04 Å². The van der Waals surface area contributed by atoms with E-state index >= 15 is 0 Å². The second kappa shape index (κ2) is 5.77. The average molecular weight is 179 g/mol. The third-order valence-electron chi connectivity index (χ3n) is 2.44. The molecule has 1 rings (SSSR count). The van der Waals surface area contributed by atoms with E-state index in [1.54, 1.807) is 0 Å². The first kappa shape index (κ1) is 10.3. The highest BCUT2D eigenvalue weighted by atomic mass is 16.1. The summed E-state index contributed by atoms with van der Waals surface area (Å²) < 4.78 is 0. The van der Waals surface area contributed by atoms with Crippen LogP contribution < -0.4 is 5.32 Å². The van der Waals surface area contributed by atoms with Crippen LogP contribution in [0.1, 0.15) is 38.5 Å². The number of piperidine rings is 1. The predicted octanol–water partition coefficient (Wildman–Crippen LogP) is 1.50. The summed E-state index contributed by atoms with van der Waals surface area (Å²) in [6.45, 7) is 0.992. The van der Waals surface area contributed by atoms with E-state index in [0.29, 0.717) is 12.2 Å². The minimum atomic E-state index is 0.117. The predicted molar refractivity (Wildman–Crippen MR) is 53.3 cm³/mol. The molecule has 2 nitrogen and oxygen atoms in total. The number of unbranched alkanes of at least 4 members (excludes halogenated alkanes) is 1. The van der Waals surface area contributed by atoms with E-state index in [1.807, 2.05) is 0 Å². The Morgan fingerprint density at radius 2 is 2.38 bits per heavy atom. The van der Waals surface area contributed by atoms with E-state index in [4.69, 9.17) is 6.42 Å². The third-order valence-corrected chi connectivity index (χ3v) is 2.44. The second-order valence-electron chi connectivity index (χ2n) is 3.53. The zero-order valence-electron chi connectivity index (χ0n) is 8.01. The Bertz CT molecular complexity index is 199. The minimum absolute atomic E-state index is 0.117. The van der Waals surface area contributed by atoms with Crippen LogP contribution in [0, 0.1) is 12.3 Å². The van der Waals surface area contributed by atoms with Gasteiger partial charge in [0, 0.05) is 12.8 Å². The van der Waals surface area contributed by atoms with Crippen LogP contribution in [0.3, 0.4) is 0 Å². The fraction of sp³-hybridized carbons (Fsp3) is 0.727. The van der Waals surface area contributed by atoms with Gasteiger partial charge in [-0.15, -0.1) is 12.3 Å². The number of carbonyl (C=O) groups excluding carboxylic acids is 1. The van der Waals surface area contributed by atoms with Gasteiger partial charge in [-0.1, -0.05) is 6.42 Å². The maximum atomic E-state index is 11.5. The highest BCUT2D eigenvalue weighted by Crippen LogP contribution is 2.10. The first-order chi connectivity index (χ1) is 6.34. The van der Waals surface area contributed by atoms with Gasteiger partial charge in [-0.25, -0.2) is 0 Å². The fourth-order valence-corrected chi connectivity index (χ4v) is 1.67. The van der Waals surface area contributed by atoms with Crippen molar-refractivity contribution in [2.75, 3.05) is 6.54 Å². The Balaban J connectivity index is 2.18. The zero-order chi connectivity index (χ0) is 9.52. The molecular weight excluding hydrogens is 162 g/mol. The molecule has 0 aromatic rings. The van der Waals surface area contributed by atoms with Crippen LogP contribution in [-0.2, 0) is 4.79 Å². The maximum Gasteiger partial charge on any atom is 0.149 e. The molecular formula is C11H17NO. The summed E-state index contributed by atoms with van der Waals surface area (Å²) in [6.07, 6.45) is 10.7. The van der Waals surface area contributed by atoms with Gasteiger partial charge in [-0.3, -0.25) is 4.79 Å². The van der Waals surface area contributed by atoms with Crippen molar-refractivity contribution >= 4 is 5.78 Å². The smallest absolute Gasteiger partial charge is 0.149 e. The van der Waals surface area contributed by atoms with E-state index in [1.165, 1.54) is 12.8 Å². The molecule has 1 atom stereocenters. The normalized spacial score (nSPS) is 22.2. The Morgan fingerprint density at radius 1 is 1.54 bits per heavy atom. The molecule has 0 aromatic heterocycles. The van der Waals surface area contributed by atoms with Crippen LogP contribution in [0.2, 0.25) is 0 Å². The van der Waals surface area contributed by atoms with E-state index in [9.17, 15) is 4.79 Å². The molecule has 1 N–H and O–H groups in total. The second-order valence-corrected chi connectivity index (χ2v) is 3.53. The molecule has 0 aromatic carbocycles.